The zero-order valence-corrected chi connectivity index (χ0v) is 10.0. The van der Waals surface area contributed by atoms with Gasteiger partial charge in [-0.05, 0) is 5.56 Å². The van der Waals surface area contributed by atoms with Gasteiger partial charge in [-0.25, -0.2) is 0 Å². The number of aliphatic carboxylic acids is 1. The predicted molar refractivity (Wildman–Crippen MR) is 63.0 cm³/mol. The molecule has 18 heavy (non-hydrogen) atoms. The summed E-state index contributed by atoms with van der Waals surface area (Å²) in [5.41, 5.74) is 1.03. The zero-order chi connectivity index (χ0) is 12.8. The first-order chi connectivity index (χ1) is 8.70. The Labute approximate surface area is 105 Å². The quantitative estimate of drug-likeness (QED) is 0.829. The van der Waals surface area contributed by atoms with E-state index in [4.69, 9.17) is 19.3 Å². The van der Waals surface area contributed by atoms with E-state index in [-0.39, 0.29) is 13.0 Å². The van der Waals surface area contributed by atoms with Crippen LogP contribution in [0, 0.1) is 0 Å². The van der Waals surface area contributed by atoms with E-state index in [1.807, 2.05) is 30.3 Å². The minimum atomic E-state index is -1.12. The number of hydrogen-bond acceptors (Lipinski definition) is 4. The second-order valence-corrected chi connectivity index (χ2v) is 4.16. The molecule has 1 N–H and O–H groups in total. The second-order valence-electron chi connectivity index (χ2n) is 4.16. The van der Waals surface area contributed by atoms with Crippen molar-refractivity contribution >= 4 is 5.97 Å². The van der Waals surface area contributed by atoms with Crippen LogP contribution in [0.5, 0.6) is 0 Å². The summed E-state index contributed by atoms with van der Waals surface area (Å²) >= 11 is 0. The molecule has 1 heterocycles. The van der Waals surface area contributed by atoms with Gasteiger partial charge in [0.25, 0.3) is 0 Å². The Kier molecular flexibility index (Phi) is 4.30. The molecule has 98 valence electrons. The van der Waals surface area contributed by atoms with Crippen LogP contribution in [0.15, 0.2) is 30.3 Å². The van der Waals surface area contributed by atoms with Crippen molar-refractivity contribution in [3.05, 3.63) is 35.9 Å². The maximum absolute atomic E-state index is 10.8. The molecule has 0 aromatic heterocycles. The molecule has 1 aliphatic rings. The van der Waals surface area contributed by atoms with Crippen molar-refractivity contribution in [3.63, 3.8) is 0 Å². The highest BCUT2D eigenvalue weighted by Crippen LogP contribution is 2.24. The minimum absolute atomic E-state index is 0.119. The van der Waals surface area contributed by atoms with Crippen LogP contribution in [0.25, 0.3) is 0 Å². The zero-order valence-electron chi connectivity index (χ0n) is 10.0. The van der Waals surface area contributed by atoms with Crippen molar-refractivity contribution in [3.8, 4) is 0 Å². The lowest BCUT2D eigenvalue weighted by Gasteiger charge is -2.25. The van der Waals surface area contributed by atoms with E-state index < -0.39 is 11.8 Å². The van der Waals surface area contributed by atoms with Crippen LogP contribution in [0.4, 0.5) is 0 Å². The molecule has 5 nitrogen and oxygen atoms in total. The lowest BCUT2D eigenvalue weighted by Crippen LogP contribution is -2.38. The Morgan fingerprint density at radius 2 is 1.94 bits per heavy atom. The number of carbonyl (C=O) groups is 1. The highest BCUT2D eigenvalue weighted by Gasteiger charge is 2.39. The normalized spacial score (nSPS) is 17.8. The van der Waals surface area contributed by atoms with Crippen LogP contribution in [0.2, 0.25) is 0 Å². The fraction of sp³-hybridized carbons (Fsp3) is 0.462. The summed E-state index contributed by atoms with van der Waals surface area (Å²) in [6.07, 6.45) is -0.207. The lowest BCUT2D eigenvalue weighted by atomic mass is 10.2. The smallest absolute Gasteiger partial charge is 0.308 e. The number of hydrogen-bond donors (Lipinski definition) is 1. The van der Waals surface area contributed by atoms with E-state index in [2.05, 4.69) is 0 Å². The molecule has 0 bridgehead atoms. The number of rotatable bonds is 6. The van der Waals surface area contributed by atoms with Gasteiger partial charge in [-0.2, -0.15) is 0 Å². The van der Waals surface area contributed by atoms with Gasteiger partial charge in [0.05, 0.1) is 19.8 Å². The molecule has 0 radical (unpaired) electrons. The van der Waals surface area contributed by atoms with E-state index in [0.29, 0.717) is 19.8 Å². The Balaban J connectivity index is 1.85. The van der Waals surface area contributed by atoms with Crippen LogP contribution in [-0.2, 0) is 25.6 Å². The van der Waals surface area contributed by atoms with E-state index in [0.717, 1.165) is 5.56 Å². The van der Waals surface area contributed by atoms with Gasteiger partial charge < -0.3 is 19.3 Å². The summed E-state index contributed by atoms with van der Waals surface area (Å²) in [5.74, 6) is -2.08. The molecule has 1 aliphatic heterocycles. The van der Waals surface area contributed by atoms with E-state index >= 15 is 0 Å². The fourth-order valence-electron chi connectivity index (χ4n) is 1.86. The number of ether oxygens (including phenoxy) is 3. The Morgan fingerprint density at radius 1 is 1.28 bits per heavy atom. The lowest BCUT2D eigenvalue weighted by molar-refractivity contribution is -0.205. The molecule has 0 amide bonds. The molecule has 0 unspecified atom stereocenters. The summed E-state index contributed by atoms with van der Waals surface area (Å²) in [4.78, 5) is 10.8. The Hall–Kier alpha value is -1.43. The monoisotopic (exact) mass is 252 g/mol. The fourth-order valence-corrected chi connectivity index (χ4v) is 1.86. The van der Waals surface area contributed by atoms with Gasteiger partial charge >= 0.3 is 5.97 Å². The van der Waals surface area contributed by atoms with Gasteiger partial charge in [0, 0.05) is 0 Å². The molecular weight excluding hydrogens is 236 g/mol. The number of carboxylic acid groups (broad SMARTS) is 1. The second kappa shape index (κ2) is 5.95. The van der Waals surface area contributed by atoms with Crippen LogP contribution in [0.1, 0.15) is 12.0 Å². The summed E-state index contributed by atoms with van der Waals surface area (Å²) < 4.78 is 16.2. The number of benzene rings is 1. The third-order valence-electron chi connectivity index (χ3n) is 2.67. The van der Waals surface area contributed by atoms with Gasteiger partial charge in [0.1, 0.15) is 13.0 Å². The molecule has 0 aliphatic carbocycles. The van der Waals surface area contributed by atoms with Gasteiger partial charge in [-0.1, -0.05) is 30.3 Å². The van der Waals surface area contributed by atoms with Crippen LogP contribution in [0.3, 0.4) is 0 Å². The minimum Gasteiger partial charge on any atom is -0.481 e. The predicted octanol–water partition coefficient (Wildman–Crippen LogP) is 1.42. The highest BCUT2D eigenvalue weighted by atomic mass is 16.8. The topological polar surface area (TPSA) is 65.0 Å². The standard InChI is InChI=1S/C13H16O5/c14-12(15)8-13(17-6-7-18-13)10-16-9-11-4-2-1-3-5-11/h1-5H,6-10H2,(H,14,15). The molecule has 1 saturated heterocycles. The third-order valence-corrected chi connectivity index (χ3v) is 2.67. The molecule has 1 aromatic carbocycles. The van der Waals surface area contributed by atoms with Crippen molar-refractivity contribution in [2.24, 2.45) is 0 Å². The van der Waals surface area contributed by atoms with Gasteiger partial charge in [0.15, 0.2) is 0 Å². The first-order valence-corrected chi connectivity index (χ1v) is 5.82. The average molecular weight is 252 g/mol. The van der Waals surface area contributed by atoms with Gasteiger partial charge in [-0.15, -0.1) is 0 Å². The number of carboxylic acids is 1. The Bertz CT molecular complexity index is 384. The van der Waals surface area contributed by atoms with Crippen molar-refractivity contribution in [2.45, 2.75) is 18.8 Å². The molecule has 1 fully saturated rings. The third kappa shape index (κ3) is 3.53. The van der Waals surface area contributed by atoms with E-state index in [9.17, 15) is 4.79 Å². The molecule has 2 rings (SSSR count). The maximum Gasteiger partial charge on any atom is 0.308 e. The van der Waals surface area contributed by atoms with Crippen molar-refractivity contribution in [2.75, 3.05) is 19.8 Å². The molecule has 5 heteroatoms. The van der Waals surface area contributed by atoms with E-state index in [1.54, 1.807) is 0 Å². The SMILES string of the molecule is O=C(O)CC1(COCc2ccccc2)OCCO1. The molecular formula is C13H16O5. The molecule has 0 spiro atoms. The average Bonchev–Trinajstić information content (AvgIpc) is 2.78. The summed E-state index contributed by atoms with van der Waals surface area (Å²) in [6.45, 7) is 1.34. The maximum atomic E-state index is 10.8. The van der Waals surface area contributed by atoms with E-state index in [1.165, 1.54) is 0 Å². The first kappa shape index (κ1) is 13.0. The Morgan fingerprint density at radius 3 is 2.56 bits per heavy atom. The van der Waals surface area contributed by atoms with Crippen LogP contribution in [-0.4, -0.2) is 36.7 Å². The molecule has 0 saturated carbocycles. The van der Waals surface area contributed by atoms with Gasteiger partial charge in [0.2, 0.25) is 5.79 Å². The molecule has 0 atom stereocenters. The largest absolute Gasteiger partial charge is 0.481 e. The molecule has 1 aromatic rings. The van der Waals surface area contributed by atoms with Crippen LogP contribution >= 0.6 is 0 Å². The van der Waals surface area contributed by atoms with Crippen molar-refractivity contribution in [1.29, 1.82) is 0 Å². The highest BCUT2D eigenvalue weighted by molar-refractivity contribution is 5.67. The first-order valence-electron chi connectivity index (χ1n) is 5.82. The van der Waals surface area contributed by atoms with Gasteiger partial charge in [-0.3, -0.25) is 4.79 Å². The van der Waals surface area contributed by atoms with Crippen LogP contribution < -0.4 is 0 Å². The van der Waals surface area contributed by atoms with Crippen molar-refractivity contribution in [1.82, 2.24) is 0 Å². The van der Waals surface area contributed by atoms with Crippen molar-refractivity contribution < 1.29 is 24.1 Å². The summed E-state index contributed by atoms with van der Waals surface area (Å²) in [7, 11) is 0. The summed E-state index contributed by atoms with van der Waals surface area (Å²) in [5, 5.41) is 8.84. The summed E-state index contributed by atoms with van der Waals surface area (Å²) in [6, 6.07) is 9.67.